The molecule has 0 saturated carbocycles. The van der Waals surface area contributed by atoms with E-state index in [9.17, 15) is 9.59 Å². The van der Waals surface area contributed by atoms with Crippen LogP contribution in [0.4, 0.5) is 5.69 Å². The fourth-order valence-electron chi connectivity index (χ4n) is 2.88. The van der Waals surface area contributed by atoms with Crippen LogP contribution in [0.2, 0.25) is 0 Å². The average molecular weight is 363 g/mol. The molecule has 0 radical (unpaired) electrons. The van der Waals surface area contributed by atoms with Crippen molar-refractivity contribution in [2.24, 2.45) is 0 Å². The monoisotopic (exact) mass is 363 g/mol. The summed E-state index contributed by atoms with van der Waals surface area (Å²) in [5, 5.41) is 4.82. The number of nitrogens with one attached hydrogen (secondary N) is 1. The largest absolute Gasteiger partial charge is 0.480 e. The van der Waals surface area contributed by atoms with Crippen LogP contribution in [0.25, 0.3) is 10.8 Å². The zero-order chi connectivity index (χ0) is 19.4. The van der Waals surface area contributed by atoms with Crippen LogP contribution in [-0.4, -0.2) is 25.1 Å². The zero-order valence-corrected chi connectivity index (χ0v) is 15.5. The number of ether oxygens (including phenoxy) is 2. The maximum absolute atomic E-state index is 12.6. The van der Waals surface area contributed by atoms with E-state index in [1.807, 2.05) is 42.5 Å². The molecule has 0 aliphatic carbocycles. The van der Waals surface area contributed by atoms with E-state index in [0.29, 0.717) is 22.6 Å². The number of carbonyl (C=O) groups excluding carboxylic acids is 2. The first kappa shape index (κ1) is 18.5. The number of hydrogen-bond acceptors (Lipinski definition) is 4. The predicted octanol–water partition coefficient (Wildman–Crippen LogP) is 4.34. The van der Waals surface area contributed by atoms with Gasteiger partial charge in [-0.15, -0.1) is 0 Å². The highest BCUT2D eigenvalue weighted by atomic mass is 16.5. The second-order valence-corrected chi connectivity index (χ2v) is 6.20. The molecule has 1 amide bonds. The lowest BCUT2D eigenvalue weighted by molar-refractivity contribution is -0.122. The van der Waals surface area contributed by atoms with Gasteiger partial charge in [0.2, 0.25) is 0 Å². The van der Waals surface area contributed by atoms with E-state index < -0.39 is 12.1 Å². The first-order chi connectivity index (χ1) is 13.0. The SMILES string of the molecule is COC(=O)c1cccc(NC(=O)[C@@H](C)Oc2cccc3ccccc23)c1C. The van der Waals surface area contributed by atoms with Gasteiger partial charge in [-0.05, 0) is 43.0 Å². The Bertz CT molecular complexity index is 991. The van der Waals surface area contributed by atoms with E-state index in [1.54, 1.807) is 32.0 Å². The van der Waals surface area contributed by atoms with Crippen molar-refractivity contribution in [2.45, 2.75) is 20.0 Å². The molecule has 3 aromatic carbocycles. The van der Waals surface area contributed by atoms with Gasteiger partial charge in [-0.1, -0.05) is 42.5 Å². The second kappa shape index (κ2) is 7.91. The number of hydrogen-bond donors (Lipinski definition) is 1. The van der Waals surface area contributed by atoms with Crippen molar-refractivity contribution in [2.75, 3.05) is 12.4 Å². The van der Waals surface area contributed by atoms with Gasteiger partial charge in [0.1, 0.15) is 5.75 Å². The third-order valence-corrected chi connectivity index (χ3v) is 4.42. The van der Waals surface area contributed by atoms with Crippen molar-refractivity contribution in [3.8, 4) is 5.75 Å². The van der Waals surface area contributed by atoms with Gasteiger partial charge >= 0.3 is 5.97 Å². The van der Waals surface area contributed by atoms with Gasteiger partial charge in [-0.2, -0.15) is 0 Å². The first-order valence-corrected chi connectivity index (χ1v) is 8.64. The van der Waals surface area contributed by atoms with Gasteiger partial charge in [0.25, 0.3) is 5.91 Å². The molecule has 0 heterocycles. The molecule has 1 N–H and O–H groups in total. The third kappa shape index (κ3) is 3.92. The summed E-state index contributed by atoms with van der Waals surface area (Å²) in [5.41, 5.74) is 1.62. The number of fused-ring (bicyclic) bond motifs is 1. The fraction of sp³-hybridized carbons (Fsp3) is 0.182. The summed E-state index contributed by atoms with van der Waals surface area (Å²) in [5.74, 6) is -0.0903. The Morgan fingerprint density at radius 3 is 2.44 bits per heavy atom. The van der Waals surface area contributed by atoms with E-state index >= 15 is 0 Å². The summed E-state index contributed by atoms with van der Waals surface area (Å²) in [6.07, 6.45) is -0.711. The Morgan fingerprint density at radius 2 is 1.67 bits per heavy atom. The molecule has 0 bridgehead atoms. The molecule has 5 nitrogen and oxygen atoms in total. The molecule has 5 heteroatoms. The summed E-state index contributed by atoms with van der Waals surface area (Å²) in [6, 6.07) is 18.7. The van der Waals surface area contributed by atoms with Gasteiger partial charge in [-0.25, -0.2) is 4.79 Å². The fourth-order valence-corrected chi connectivity index (χ4v) is 2.88. The quantitative estimate of drug-likeness (QED) is 0.685. The molecular formula is C22H21NO4. The number of carbonyl (C=O) groups is 2. The summed E-state index contributed by atoms with van der Waals surface area (Å²) < 4.78 is 10.7. The molecule has 0 saturated heterocycles. The smallest absolute Gasteiger partial charge is 0.338 e. The average Bonchev–Trinajstić information content (AvgIpc) is 2.69. The molecular weight excluding hydrogens is 342 g/mol. The molecule has 27 heavy (non-hydrogen) atoms. The maximum Gasteiger partial charge on any atom is 0.338 e. The van der Waals surface area contributed by atoms with Crippen LogP contribution in [0.1, 0.15) is 22.8 Å². The molecule has 0 aromatic heterocycles. The lowest BCUT2D eigenvalue weighted by Gasteiger charge is -2.17. The molecule has 3 aromatic rings. The number of rotatable bonds is 5. The summed E-state index contributed by atoms with van der Waals surface area (Å²) in [4.78, 5) is 24.4. The van der Waals surface area contributed by atoms with Gasteiger partial charge in [-0.3, -0.25) is 4.79 Å². The van der Waals surface area contributed by atoms with E-state index in [0.717, 1.165) is 10.8 Å². The van der Waals surface area contributed by atoms with Crippen molar-refractivity contribution in [1.82, 2.24) is 0 Å². The minimum Gasteiger partial charge on any atom is -0.480 e. The van der Waals surface area contributed by atoms with E-state index in [-0.39, 0.29) is 5.91 Å². The lowest BCUT2D eigenvalue weighted by atomic mass is 10.1. The Kier molecular flexibility index (Phi) is 5.41. The van der Waals surface area contributed by atoms with Gasteiger partial charge in [0.05, 0.1) is 12.7 Å². The molecule has 3 rings (SSSR count). The Morgan fingerprint density at radius 1 is 0.963 bits per heavy atom. The van der Waals surface area contributed by atoms with Crippen LogP contribution in [-0.2, 0) is 9.53 Å². The second-order valence-electron chi connectivity index (χ2n) is 6.20. The maximum atomic E-state index is 12.6. The van der Waals surface area contributed by atoms with Gasteiger partial charge in [0, 0.05) is 11.1 Å². The standard InChI is InChI=1S/C22H21NO4/c1-14-17(22(25)26-3)11-7-12-19(14)23-21(24)15(2)27-20-13-6-9-16-8-4-5-10-18(16)20/h4-13,15H,1-3H3,(H,23,24)/t15-/m1/s1. The van der Waals surface area contributed by atoms with Crippen LogP contribution in [0, 0.1) is 6.92 Å². The Hall–Kier alpha value is -3.34. The molecule has 1 atom stereocenters. The lowest BCUT2D eigenvalue weighted by Crippen LogP contribution is -2.30. The van der Waals surface area contributed by atoms with Gasteiger partial charge in [0.15, 0.2) is 6.10 Å². The normalized spacial score (nSPS) is 11.7. The molecule has 0 fully saturated rings. The van der Waals surface area contributed by atoms with Gasteiger partial charge < -0.3 is 14.8 Å². The molecule has 138 valence electrons. The van der Waals surface area contributed by atoms with E-state index in [1.165, 1.54) is 7.11 Å². The predicted molar refractivity (Wildman–Crippen MR) is 105 cm³/mol. The number of anilines is 1. The first-order valence-electron chi connectivity index (χ1n) is 8.64. The molecule has 0 aliphatic heterocycles. The number of methoxy groups -OCH3 is 1. The highest BCUT2D eigenvalue weighted by molar-refractivity contribution is 5.98. The molecule has 0 spiro atoms. The number of esters is 1. The number of benzene rings is 3. The molecule has 0 aliphatic rings. The number of amides is 1. The van der Waals surface area contributed by atoms with Crippen molar-refractivity contribution in [3.05, 3.63) is 71.8 Å². The summed E-state index contributed by atoms with van der Waals surface area (Å²) in [6.45, 7) is 3.45. The van der Waals surface area contributed by atoms with Crippen LogP contribution < -0.4 is 10.1 Å². The third-order valence-electron chi connectivity index (χ3n) is 4.42. The van der Waals surface area contributed by atoms with Crippen molar-refractivity contribution >= 4 is 28.3 Å². The Labute approximate surface area is 157 Å². The topological polar surface area (TPSA) is 64.6 Å². The minimum atomic E-state index is -0.711. The van der Waals surface area contributed by atoms with Crippen LogP contribution >= 0.6 is 0 Å². The van der Waals surface area contributed by atoms with Crippen LogP contribution in [0.15, 0.2) is 60.7 Å². The summed E-state index contributed by atoms with van der Waals surface area (Å²) >= 11 is 0. The van der Waals surface area contributed by atoms with Crippen LogP contribution in [0.5, 0.6) is 5.75 Å². The van der Waals surface area contributed by atoms with Crippen LogP contribution in [0.3, 0.4) is 0 Å². The van der Waals surface area contributed by atoms with E-state index in [2.05, 4.69) is 5.32 Å². The zero-order valence-electron chi connectivity index (χ0n) is 15.5. The highest BCUT2D eigenvalue weighted by Crippen LogP contribution is 2.26. The Balaban J connectivity index is 1.78. The summed E-state index contributed by atoms with van der Waals surface area (Å²) in [7, 11) is 1.33. The van der Waals surface area contributed by atoms with Crippen molar-refractivity contribution in [1.29, 1.82) is 0 Å². The molecule has 0 unspecified atom stereocenters. The highest BCUT2D eigenvalue weighted by Gasteiger charge is 2.19. The van der Waals surface area contributed by atoms with E-state index in [4.69, 9.17) is 9.47 Å². The minimum absolute atomic E-state index is 0.298. The van der Waals surface area contributed by atoms with Crippen molar-refractivity contribution < 1.29 is 19.1 Å². The van der Waals surface area contributed by atoms with Crippen molar-refractivity contribution in [3.63, 3.8) is 0 Å².